The van der Waals surface area contributed by atoms with Gasteiger partial charge in [0.2, 0.25) is 0 Å². The second-order valence-electron chi connectivity index (χ2n) is 4.18. The first-order valence-electron chi connectivity index (χ1n) is 6.29. The average Bonchev–Trinajstić information content (AvgIpc) is 2.37. The fraction of sp³-hybridized carbons (Fsp3) is 0.500. The van der Waals surface area contributed by atoms with Gasteiger partial charge in [0, 0.05) is 5.56 Å². The maximum absolute atomic E-state index is 12.4. The third-order valence-corrected chi connectivity index (χ3v) is 2.52. The largest absolute Gasteiger partial charge is 0.416 e. The minimum absolute atomic E-state index is 0.253. The van der Waals surface area contributed by atoms with Crippen LogP contribution in [0.3, 0.4) is 0 Å². The summed E-state index contributed by atoms with van der Waals surface area (Å²) in [7, 11) is 0. The zero-order valence-electron chi connectivity index (χ0n) is 10.8. The Morgan fingerprint density at radius 1 is 1.21 bits per heavy atom. The van der Waals surface area contributed by atoms with Crippen LogP contribution in [0.4, 0.5) is 13.2 Å². The summed E-state index contributed by atoms with van der Waals surface area (Å²) in [5.41, 5.74) is -0.459. The van der Waals surface area contributed by atoms with Crippen LogP contribution in [0.2, 0.25) is 0 Å². The van der Waals surface area contributed by atoms with Crippen LogP contribution in [-0.4, -0.2) is 12.8 Å². The van der Waals surface area contributed by atoms with Crippen molar-refractivity contribution < 1.29 is 18.0 Å². The van der Waals surface area contributed by atoms with Crippen LogP contribution in [0.15, 0.2) is 29.4 Å². The summed E-state index contributed by atoms with van der Waals surface area (Å²) in [6.07, 6.45) is 2.34. The normalized spacial score (nSPS) is 12.0. The molecule has 0 N–H and O–H groups in total. The van der Waals surface area contributed by atoms with Crippen molar-refractivity contribution in [2.75, 3.05) is 6.61 Å². The number of alkyl halides is 3. The molecule has 0 spiro atoms. The molecule has 105 valence electrons. The van der Waals surface area contributed by atoms with Crippen LogP contribution in [0.5, 0.6) is 0 Å². The second kappa shape index (κ2) is 7.81. The van der Waals surface area contributed by atoms with Crippen LogP contribution in [0.1, 0.15) is 43.7 Å². The lowest BCUT2D eigenvalue weighted by atomic mass is 10.1. The van der Waals surface area contributed by atoms with E-state index in [-0.39, 0.29) is 5.56 Å². The number of rotatable bonds is 7. The minimum atomic E-state index is -4.35. The first kappa shape index (κ1) is 15.5. The fourth-order valence-electron chi connectivity index (χ4n) is 1.49. The summed E-state index contributed by atoms with van der Waals surface area (Å²) in [5, 5.41) is 3.55. The molecule has 0 aliphatic carbocycles. The lowest BCUT2D eigenvalue weighted by Gasteiger charge is -2.06. The van der Waals surface area contributed by atoms with Gasteiger partial charge in [-0.2, -0.15) is 13.2 Å². The van der Waals surface area contributed by atoms with E-state index in [9.17, 15) is 13.2 Å². The topological polar surface area (TPSA) is 21.6 Å². The lowest BCUT2D eigenvalue weighted by molar-refractivity contribution is -0.137. The first-order valence-corrected chi connectivity index (χ1v) is 6.29. The molecule has 0 aliphatic rings. The predicted octanol–water partition coefficient (Wildman–Crippen LogP) is 4.51. The average molecular weight is 272 g/mol. The molecule has 1 rings (SSSR count). The summed E-state index contributed by atoms with van der Waals surface area (Å²) >= 11 is 0. The van der Waals surface area contributed by atoms with Crippen molar-refractivity contribution in [3.63, 3.8) is 0 Å². The molecular weight excluding hydrogens is 255 g/mol. The van der Waals surface area contributed by atoms with E-state index < -0.39 is 11.7 Å². The molecule has 0 saturated heterocycles. The van der Waals surface area contributed by atoms with E-state index in [1.807, 2.05) is 0 Å². The van der Waals surface area contributed by atoms with Crippen LogP contribution in [-0.2, 0) is 11.0 Å². The number of benzene rings is 1. The van der Waals surface area contributed by atoms with Gasteiger partial charge in [0.15, 0.2) is 0 Å². The third-order valence-electron chi connectivity index (χ3n) is 2.52. The molecule has 0 bridgehead atoms. The Bertz CT molecular complexity index is 402. The molecule has 0 atom stereocenters. The van der Waals surface area contributed by atoms with Crippen LogP contribution in [0, 0.1) is 0 Å². The van der Waals surface area contributed by atoms with Gasteiger partial charge in [-0.15, -0.1) is 0 Å². The van der Waals surface area contributed by atoms with Gasteiger partial charge in [0.05, 0.1) is 5.56 Å². The van der Waals surface area contributed by atoms with Crippen molar-refractivity contribution in [2.24, 2.45) is 5.16 Å². The number of hydrogen-bond acceptors (Lipinski definition) is 2. The van der Waals surface area contributed by atoms with Gasteiger partial charge in [0.25, 0.3) is 0 Å². The Morgan fingerprint density at radius 2 is 2.00 bits per heavy atom. The van der Waals surface area contributed by atoms with Crippen LogP contribution < -0.4 is 0 Å². The molecule has 0 unspecified atom stereocenters. The van der Waals surface area contributed by atoms with Gasteiger partial charge in [-0.3, -0.25) is 0 Å². The van der Waals surface area contributed by atoms with Gasteiger partial charge < -0.3 is 4.84 Å². The standard InChI is InChI=1S/C14H17F3NO/c1-2-3-4-5-9-19-18-11-12-7-6-8-13(10-12)14(15,16)17/h6-8,10H,2-5,9H2,1H3. The highest BCUT2D eigenvalue weighted by molar-refractivity contribution is 5.79. The van der Waals surface area contributed by atoms with E-state index in [0.717, 1.165) is 37.8 Å². The fourth-order valence-corrected chi connectivity index (χ4v) is 1.49. The van der Waals surface area contributed by atoms with Gasteiger partial charge in [-0.25, -0.2) is 0 Å². The monoisotopic (exact) mass is 272 g/mol. The Morgan fingerprint density at radius 3 is 2.68 bits per heavy atom. The zero-order chi connectivity index (χ0) is 14.1. The number of unbranched alkanes of at least 4 members (excludes halogenated alkanes) is 3. The molecule has 0 aliphatic heterocycles. The molecule has 2 nitrogen and oxygen atoms in total. The van der Waals surface area contributed by atoms with E-state index in [1.165, 1.54) is 12.1 Å². The smallest absolute Gasteiger partial charge is 0.395 e. The quantitative estimate of drug-likeness (QED) is 0.406. The second-order valence-corrected chi connectivity index (χ2v) is 4.18. The highest BCUT2D eigenvalue weighted by Gasteiger charge is 2.30. The van der Waals surface area contributed by atoms with Crippen molar-refractivity contribution in [1.29, 1.82) is 0 Å². The molecule has 0 amide bonds. The first-order chi connectivity index (χ1) is 9.04. The number of hydrogen-bond donors (Lipinski definition) is 0. The van der Waals surface area contributed by atoms with Gasteiger partial charge in [-0.05, 0) is 25.0 Å². The molecule has 0 heterocycles. The predicted molar refractivity (Wildman–Crippen MR) is 68.1 cm³/mol. The number of halogens is 3. The molecule has 5 heteroatoms. The molecule has 1 aromatic carbocycles. The molecule has 0 fully saturated rings. The minimum Gasteiger partial charge on any atom is -0.395 e. The molecule has 0 saturated carbocycles. The van der Waals surface area contributed by atoms with E-state index >= 15 is 0 Å². The summed E-state index contributed by atoms with van der Waals surface area (Å²) < 4.78 is 37.3. The third kappa shape index (κ3) is 6.27. The van der Waals surface area contributed by atoms with Crippen molar-refractivity contribution in [2.45, 2.75) is 38.8 Å². The molecule has 1 aromatic rings. The van der Waals surface area contributed by atoms with Gasteiger partial charge >= 0.3 is 6.18 Å². The maximum Gasteiger partial charge on any atom is 0.416 e. The zero-order valence-corrected chi connectivity index (χ0v) is 10.8. The van der Waals surface area contributed by atoms with Crippen LogP contribution in [0.25, 0.3) is 0 Å². The van der Waals surface area contributed by atoms with Crippen molar-refractivity contribution in [3.05, 3.63) is 35.4 Å². The highest BCUT2D eigenvalue weighted by Crippen LogP contribution is 2.29. The molecular formula is C14H17F3NO. The maximum atomic E-state index is 12.4. The highest BCUT2D eigenvalue weighted by atomic mass is 19.4. The summed E-state index contributed by atoms with van der Waals surface area (Å²) in [5.74, 6) is 0. The summed E-state index contributed by atoms with van der Waals surface area (Å²) in [6, 6.07) is 4.82. The molecule has 0 aromatic heterocycles. The summed E-state index contributed by atoms with van der Waals surface area (Å²) in [4.78, 5) is 4.94. The summed E-state index contributed by atoms with van der Waals surface area (Å²) in [6.45, 7) is 2.58. The Labute approximate surface area is 111 Å². The van der Waals surface area contributed by atoms with Crippen molar-refractivity contribution in [1.82, 2.24) is 0 Å². The van der Waals surface area contributed by atoms with Gasteiger partial charge in [-0.1, -0.05) is 37.1 Å². The Hall–Kier alpha value is -1.52. The van der Waals surface area contributed by atoms with Crippen molar-refractivity contribution >= 4 is 6.21 Å². The molecule has 19 heavy (non-hydrogen) atoms. The molecule has 1 radical (unpaired) electrons. The number of nitrogens with zero attached hydrogens (tertiary/aromatic N) is 1. The Kier molecular flexibility index (Phi) is 6.39. The van der Waals surface area contributed by atoms with E-state index in [0.29, 0.717) is 6.61 Å². The van der Waals surface area contributed by atoms with E-state index in [2.05, 4.69) is 18.3 Å². The van der Waals surface area contributed by atoms with Gasteiger partial charge in [0.1, 0.15) is 12.8 Å². The van der Waals surface area contributed by atoms with Crippen LogP contribution >= 0.6 is 0 Å². The lowest BCUT2D eigenvalue weighted by Crippen LogP contribution is -2.05. The SMILES string of the molecule is CCCCCCO/N=[C]/c1cccc(C(F)(F)F)c1. The Balaban J connectivity index is 2.40. The van der Waals surface area contributed by atoms with Crippen molar-refractivity contribution in [3.8, 4) is 0 Å². The van der Waals surface area contributed by atoms with E-state index in [4.69, 9.17) is 4.84 Å². The van der Waals surface area contributed by atoms with E-state index in [1.54, 1.807) is 0 Å².